The van der Waals surface area contributed by atoms with Gasteiger partial charge in [-0.3, -0.25) is 9.88 Å². The van der Waals surface area contributed by atoms with Crippen LogP contribution in [0.5, 0.6) is 5.75 Å². The van der Waals surface area contributed by atoms with Gasteiger partial charge >= 0.3 is 7.12 Å². The first-order valence-electron chi connectivity index (χ1n) is 6.81. The van der Waals surface area contributed by atoms with Gasteiger partial charge in [0, 0.05) is 25.5 Å². The quantitative estimate of drug-likeness (QED) is 0.715. The molecule has 6 heteroatoms. The predicted molar refractivity (Wildman–Crippen MR) is 82.3 cm³/mol. The Hall–Kier alpha value is -1.89. The van der Waals surface area contributed by atoms with Crippen molar-refractivity contribution in [2.45, 2.75) is 6.54 Å². The maximum Gasteiger partial charge on any atom is 0.488 e. The average molecular weight is 286 g/mol. The summed E-state index contributed by atoms with van der Waals surface area (Å²) in [5, 5.41) is 18.2. The molecular formula is C15H19BN2O3. The van der Waals surface area contributed by atoms with Crippen molar-refractivity contribution in [1.29, 1.82) is 0 Å². The van der Waals surface area contributed by atoms with E-state index in [2.05, 4.69) is 9.88 Å². The summed E-state index contributed by atoms with van der Waals surface area (Å²) in [7, 11) is 0.556. The summed E-state index contributed by atoms with van der Waals surface area (Å²) >= 11 is 0. The highest BCUT2D eigenvalue weighted by atomic mass is 16.5. The molecule has 2 rings (SSSR count). The predicted octanol–water partition coefficient (Wildman–Crippen LogP) is 0.272. The van der Waals surface area contributed by atoms with Crippen LogP contribution in [0.1, 0.15) is 5.56 Å². The van der Waals surface area contributed by atoms with Crippen molar-refractivity contribution in [3.05, 3.63) is 54.4 Å². The first kappa shape index (κ1) is 15.5. The Balaban J connectivity index is 1.77. The lowest BCUT2D eigenvalue weighted by atomic mass is 9.80. The number of pyridine rings is 1. The molecule has 0 atom stereocenters. The van der Waals surface area contributed by atoms with Gasteiger partial charge in [-0.25, -0.2) is 0 Å². The first-order chi connectivity index (χ1) is 10.1. The second kappa shape index (κ2) is 7.78. The van der Waals surface area contributed by atoms with Crippen LogP contribution in [-0.4, -0.2) is 47.2 Å². The molecular weight excluding hydrogens is 267 g/mol. The molecule has 0 bridgehead atoms. The molecule has 1 heterocycles. The van der Waals surface area contributed by atoms with E-state index in [-0.39, 0.29) is 0 Å². The van der Waals surface area contributed by atoms with Crippen molar-refractivity contribution >= 4 is 12.6 Å². The summed E-state index contributed by atoms with van der Waals surface area (Å²) < 4.78 is 5.63. The standard InChI is InChI=1S/C15H19BN2O3/c1-18(12-13-5-7-17-8-6-13)9-10-21-15-4-2-3-14(11-15)16(19)20/h2-8,11,19-20H,9-10,12H2,1H3. The number of hydrogen-bond donors (Lipinski definition) is 2. The highest BCUT2D eigenvalue weighted by Gasteiger charge is 2.11. The van der Waals surface area contributed by atoms with Crippen LogP contribution < -0.4 is 10.2 Å². The third-order valence-electron chi connectivity index (χ3n) is 3.10. The average Bonchev–Trinajstić information content (AvgIpc) is 2.48. The normalized spacial score (nSPS) is 10.7. The molecule has 2 N–H and O–H groups in total. The zero-order chi connectivity index (χ0) is 15.1. The molecule has 0 saturated heterocycles. The zero-order valence-electron chi connectivity index (χ0n) is 12.0. The summed E-state index contributed by atoms with van der Waals surface area (Å²) in [4.78, 5) is 6.15. The van der Waals surface area contributed by atoms with E-state index in [0.29, 0.717) is 17.8 Å². The molecule has 0 spiro atoms. The Bertz CT molecular complexity index is 552. The Morgan fingerprint density at radius 2 is 1.95 bits per heavy atom. The van der Waals surface area contributed by atoms with Crippen molar-refractivity contribution in [3.63, 3.8) is 0 Å². The first-order valence-corrected chi connectivity index (χ1v) is 6.81. The van der Waals surface area contributed by atoms with Crippen molar-refractivity contribution in [2.24, 2.45) is 0 Å². The van der Waals surface area contributed by atoms with Crippen LogP contribution in [0.3, 0.4) is 0 Å². The van der Waals surface area contributed by atoms with Crippen molar-refractivity contribution in [1.82, 2.24) is 9.88 Å². The number of nitrogens with zero attached hydrogens (tertiary/aromatic N) is 2. The number of rotatable bonds is 7. The fourth-order valence-corrected chi connectivity index (χ4v) is 1.96. The second-order valence-electron chi connectivity index (χ2n) is 4.89. The topological polar surface area (TPSA) is 65.8 Å². The Morgan fingerprint density at radius 1 is 1.19 bits per heavy atom. The molecule has 0 amide bonds. The van der Waals surface area contributed by atoms with Gasteiger partial charge in [0.15, 0.2) is 0 Å². The number of ether oxygens (including phenoxy) is 1. The molecule has 0 aliphatic carbocycles. The SMILES string of the molecule is CN(CCOc1cccc(B(O)O)c1)Cc1ccncc1. The smallest absolute Gasteiger partial charge is 0.488 e. The lowest BCUT2D eigenvalue weighted by Gasteiger charge is -2.17. The number of benzene rings is 1. The Labute approximate surface area is 125 Å². The van der Waals surface area contributed by atoms with Crippen LogP contribution in [0.25, 0.3) is 0 Å². The van der Waals surface area contributed by atoms with E-state index < -0.39 is 7.12 Å². The van der Waals surface area contributed by atoms with Crippen molar-refractivity contribution in [2.75, 3.05) is 20.2 Å². The summed E-state index contributed by atoms with van der Waals surface area (Å²) in [6.45, 7) is 2.14. The molecule has 0 fully saturated rings. The van der Waals surface area contributed by atoms with Gasteiger partial charge in [0.05, 0.1) is 0 Å². The summed E-state index contributed by atoms with van der Waals surface area (Å²) in [5.41, 5.74) is 1.63. The molecule has 21 heavy (non-hydrogen) atoms. The maximum atomic E-state index is 9.11. The molecule has 5 nitrogen and oxygen atoms in total. The van der Waals surface area contributed by atoms with Gasteiger partial charge in [0.25, 0.3) is 0 Å². The second-order valence-corrected chi connectivity index (χ2v) is 4.89. The van der Waals surface area contributed by atoms with Gasteiger partial charge < -0.3 is 14.8 Å². The number of likely N-dealkylation sites (N-methyl/N-ethyl adjacent to an activating group) is 1. The summed E-state index contributed by atoms with van der Waals surface area (Å²) in [5.74, 6) is 0.637. The fraction of sp³-hybridized carbons (Fsp3) is 0.267. The van der Waals surface area contributed by atoms with Gasteiger partial charge in [0.1, 0.15) is 12.4 Å². The monoisotopic (exact) mass is 286 g/mol. The van der Waals surface area contributed by atoms with E-state index in [1.807, 2.05) is 19.2 Å². The molecule has 0 saturated carbocycles. The minimum Gasteiger partial charge on any atom is -0.492 e. The molecule has 0 aliphatic heterocycles. The highest BCUT2D eigenvalue weighted by molar-refractivity contribution is 6.58. The van der Waals surface area contributed by atoms with Crippen LogP contribution in [0, 0.1) is 0 Å². The Morgan fingerprint density at radius 3 is 2.67 bits per heavy atom. The lowest BCUT2D eigenvalue weighted by Crippen LogP contribution is -2.29. The van der Waals surface area contributed by atoms with Crippen LogP contribution >= 0.6 is 0 Å². The van der Waals surface area contributed by atoms with E-state index in [1.165, 1.54) is 5.56 Å². The summed E-state index contributed by atoms with van der Waals surface area (Å²) in [6.07, 6.45) is 3.57. The van der Waals surface area contributed by atoms with Gasteiger partial charge in [-0.1, -0.05) is 12.1 Å². The zero-order valence-corrected chi connectivity index (χ0v) is 12.0. The molecule has 0 radical (unpaired) electrons. The van der Waals surface area contributed by atoms with E-state index in [1.54, 1.807) is 36.7 Å². The van der Waals surface area contributed by atoms with Crippen LogP contribution in [0.15, 0.2) is 48.8 Å². The van der Waals surface area contributed by atoms with Gasteiger partial charge in [-0.15, -0.1) is 0 Å². The van der Waals surface area contributed by atoms with Crippen molar-refractivity contribution in [3.8, 4) is 5.75 Å². The molecule has 2 aromatic rings. The molecule has 0 aliphatic rings. The van der Waals surface area contributed by atoms with Crippen LogP contribution in [0.4, 0.5) is 0 Å². The molecule has 0 unspecified atom stereocenters. The van der Waals surface area contributed by atoms with E-state index in [4.69, 9.17) is 14.8 Å². The minimum atomic E-state index is -1.47. The van der Waals surface area contributed by atoms with E-state index in [9.17, 15) is 0 Å². The number of aromatic nitrogens is 1. The third kappa shape index (κ3) is 5.19. The Kier molecular flexibility index (Phi) is 5.74. The van der Waals surface area contributed by atoms with Gasteiger partial charge in [-0.2, -0.15) is 0 Å². The minimum absolute atomic E-state index is 0.428. The molecule has 110 valence electrons. The van der Waals surface area contributed by atoms with Gasteiger partial charge in [-0.05, 0) is 42.3 Å². The van der Waals surface area contributed by atoms with Crippen molar-refractivity contribution < 1.29 is 14.8 Å². The van der Waals surface area contributed by atoms with E-state index in [0.717, 1.165) is 13.1 Å². The highest BCUT2D eigenvalue weighted by Crippen LogP contribution is 2.08. The third-order valence-corrected chi connectivity index (χ3v) is 3.10. The van der Waals surface area contributed by atoms with Gasteiger partial charge in [0.2, 0.25) is 0 Å². The van der Waals surface area contributed by atoms with E-state index >= 15 is 0 Å². The summed E-state index contributed by atoms with van der Waals surface area (Å²) in [6, 6.07) is 10.8. The lowest BCUT2D eigenvalue weighted by molar-refractivity contribution is 0.233. The molecule has 1 aromatic carbocycles. The fourth-order valence-electron chi connectivity index (χ4n) is 1.96. The largest absolute Gasteiger partial charge is 0.492 e. The van der Waals surface area contributed by atoms with Crippen LogP contribution in [0.2, 0.25) is 0 Å². The maximum absolute atomic E-state index is 9.11. The van der Waals surface area contributed by atoms with Crippen LogP contribution in [-0.2, 0) is 6.54 Å². The number of hydrogen-bond acceptors (Lipinski definition) is 5. The molecule has 1 aromatic heterocycles.